The molecule has 0 spiro atoms. The van der Waals surface area contributed by atoms with Crippen molar-refractivity contribution in [2.75, 3.05) is 31.7 Å². The van der Waals surface area contributed by atoms with Crippen LogP contribution >= 0.6 is 11.8 Å². The largest absolute Gasteiger partial charge is 0.492 e. The lowest BCUT2D eigenvalue weighted by atomic mass is 10.2. The van der Waals surface area contributed by atoms with Crippen molar-refractivity contribution < 1.29 is 4.74 Å². The smallest absolute Gasteiger partial charge is 0.123 e. The Bertz CT molecular complexity index is 367. The minimum absolute atomic E-state index is 0.533. The molecule has 1 heterocycles. The molecule has 0 aromatic heterocycles. The van der Waals surface area contributed by atoms with Gasteiger partial charge in [-0.15, -0.1) is 0 Å². The van der Waals surface area contributed by atoms with Crippen LogP contribution in [0, 0.1) is 0 Å². The Kier molecular flexibility index (Phi) is 5.35. The van der Waals surface area contributed by atoms with Crippen molar-refractivity contribution in [2.45, 2.75) is 19.0 Å². The van der Waals surface area contributed by atoms with Crippen LogP contribution in [-0.4, -0.2) is 42.6 Å². The van der Waals surface area contributed by atoms with E-state index in [-0.39, 0.29) is 0 Å². The molecule has 3 nitrogen and oxygen atoms in total. The van der Waals surface area contributed by atoms with Crippen LogP contribution in [0.25, 0.3) is 0 Å². The third kappa shape index (κ3) is 3.64. The molecule has 0 saturated carbocycles. The fourth-order valence-corrected chi connectivity index (χ4v) is 3.46. The lowest BCUT2D eigenvalue weighted by Crippen LogP contribution is -2.34. The van der Waals surface area contributed by atoms with Gasteiger partial charge in [0.15, 0.2) is 0 Å². The number of ether oxygens (including phenoxy) is 1. The Morgan fingerprint density at radius 3 is 3.00 bits per heavy atom. The molecular formula is C14H22N2OS. The minimum Gasteiger partial charge on any atom is -0.492 e. The van der Waals surface area contributed by atoms with Crippen LogP contribution in [0.1, 0.15) is 12.0 Å². The number of thioether (sulfide) groups is 1. The number of hydrogen-bond acceptors (Lipinski definition) is 4. The van der Waals surface area contributed by atoms with Crippen molar-refractivity contribution in [3.05, 3.63) is 29.8 Å². The molecule has 0 amide bonds. The summed E-state index contributed by atoms with van der Waals surface area (Å²) >= 11 is 2.05. The lowest BCUT2D eigenvalue weighted by Gasteiger charge is -2.23. The predicted molar refractivity (Wildman–Crippen MR) is 78.2 cm³/mol. The molecule has 2 N–H and O–H groups in total. The molecule has 1 fully saturated rings. The number of likely N-dealkylation sites (N-methyl/N-ethyl adjacent to an activating group) is 1. The SMILES string of the molecule is CN(CCOc1ccccc1CN)C1CCSC1. The van der Waals surface area contributed by atoms with Gasteiger partial charge in [-0.1, -0.05) is 18.2 Å². The second-order valence-electron chi connectivity index (χ2n) is 4.66. The summed E-state index contributed by atoms with van der Waals surface area (Å²) < 4.78 is 5.83. The maximum absolute atomic E-state index is 5.83. The van der Waals surface area contributed by atoms with Gasteiger partial charge >= 0.3 is 0 Å². The van der Waals surface area contributed by atoms with Crippen LogP contribution in [0.3, 0.4) is 0 Å². The number of rotatable bonds is 6. The monoisotopic (exact) mass is 266 g/mol. The van der Waals surface area contributed by atoms with Gasteiger partial charge in [-0.3, -0.25) is 4.90 Å². The van der Waals surface area contributed by atoms with E-state index >= 15 is 0 Å². The zero-order chi connectivity index (χ0) is 12.8. The Morgan fingerprint density at radius 2 is 2.28 bits per heavy atom. The Labute approximate surface area is 114 Å². The maximum atomic E-state index is 5.83. The van der Waals surface area contributed by atoms with Gasteiger partial charge < -0.3 is 10.5 Å². The summed E-state index contributed by atoms with van der Waals surface area (Å²) in [4.78, 5) is 2.41. The maximum Gasteiger partial charge on any atom is 0.123 e. The molecule has 100 valence electrons. The van der Waals surface area contributed by atoms with Crippen LogP contribution in [0.2, 0.25) is 0 Å². The highest BCUT2D eigenvalue weighted by Gasteiger charge is 2.19. The van der Waals surface area contributed by atoms with Crippen LogP contribution in [0.5, 0.6) is 5.75 Å². The van der Waals surface area contributed by atoms with Crippen LogP contribution in [-0.2, 0) is 6.54 Å². The first-order valence-electron chi connectivity index (χ1n) is 6.50. The van der Waals surface area contributed by atoms with Crippen molar-refractivity contribution in [2.24, 2.45) is 5.73 Å². The molecule has 2 rings (SSSR count). The van der Waals surface area contributed by atoms with Gasteiger partial charge in [-0.2, -0.15) is 11.8 Å². The molecule has 18 heavy (non-hydrogen) atoms. The van der Waals surface area contributed by atoms with Gasteiger partial charge in [0.05, 0.1) is 0 Å². The van der Waals surface area contributed by atoms with Crippen molar-refractivity contribution in [1.82, 2.24) is 4.90 Å². The van der Waals surface area contributed by atoms with E-state index < -0.39 is 0 Å². The summed E-state index contributed by atoms with van der Waals surface area (Å²) in [5.41, 5.74) is 6.77. The first kappa shape index (κ1) is 13.7. The van der Waals surface area contributed by atoms with E-state index in [1.165, 1.54) is 17.9 Å². The topological polar surface area (TPSA) is 38.5 Å². The Morgan fingerprint density at radius 1 is 1.44 bits per heavy atom. The fourth-order valence-electron chi connectivity index (χ4n) is 2.17. The molecule has 0 radical (unpaired) electrons. The molecule has 0 aliphatic carbocycles. The van der Waals surface area contributed by atoms with E-state index in [0.29, 0.717) is 6.54 Å². The number of benzene rings is 1. The van der Waals surface area contributed by atoms with Crippen LogP contribution in [0.4, 0.5) is 0 Å². The van der Waals surface area contributed by atoms with E-state index in [0.717, 1.165) is 30.5 Å². The summed E-state index contributed by atoms with van der Waals surface area (Å²) in [6, 6.07) is 8.73. The van der Waals surface area contributed by atoms with Gasteiger partial charge in [0.1, 0.15) is 12.4 Å². The zero-order valence-electron chi connectivity index (χ0n) is 11.0. The molecule has 1 aromatic carbocycles. The van der Waals surface area contributed by atoms with Crippen molar-refractivity contribution >= 4 is 11.8 Å². The van der Waals surface area contributed by atoms with Gasteiger partial charge in [-0.25, -0.2) is 0 Å². The highest BCUT2D eigenvalue weighted by molar-refractivity contribution is 7.99. The predicted octanol–water partition coefficient (Wildman–Crippen LogP) is 1.96. The quantitative estimate of drug-likeness (QED) is 0.854. The second kappa shape index (κ2) is 7.02. The molecule has 1 aliphatic heterocycles. The van der Waals surface area contributed by atoms with Gasteiger partial charge in [0.25, 0.3) is 0 Å². The molecule has 4 heteroatoms. The Hall–Kier alpha value is -0.710. The minimum atomic E-state index is 0.533. The molecular weight excluding hydrogens is 244 g/mol. The highest BCUT2D eigenvalue weighted by atomic mass is 32.2. The summed E-state index contributed by atoms with van der Waals surface area (Å²) in [5.74, 6) is 3.48. The average molecular weight is 266 g/mol. The van der Waals surface area contributed by atoms with Crippen LogP contribution < -0.4 is 10.5 Å². The number of hydrogen-bond donors (Lipinski definition) is 1. The van der Waals surface area contributed by atoms with E-state index in [1.54, 1.807) is 0 Å². The molecule has 0 bridgehead atoms. The normalized spacial score (nSPS) is 19.4. The number of para-hydroxylation sites is 1. The first-order chi connectivity index (χ1) is 8.81. The summed E-state index contributed by atoms with van der Waals surface area (Å²) in [7, 11) is 2.19. The number of nitrogens with two attached hydrogens (primary N) is 1. The van der Waals surface area contributed by atoms with Gasteiger partial charge in [-0.05, 0) is 25.3 Å². The van der Waals surface area contributed by atoms with E-state index in [4.69, 9.17) is 10.5 Å². The zero-order valence-corrected chi connectivity index (χ0v) is 11.8. The third-order valence-electron chi connectivity index (χ3n) is 3.42. The van der Waals surface area contributed by atoms with E-state index in [9.17, 15) is 0 Å². The highest BCUT2D eigenvalue weighted by Crippen LogP contribution is 2.21. The third-order valence-corrected chi connectivity index (χ3v) is 4.57. The Balaban J connectivity index is 1.77. The van der Waals surface area contributed by atoms with Gasteiger partial charge in [0, 0.05) is 30.4 Å². The second-order valence-corrected chi connectivity index (χ2v) is 5.81. The summed E-state index contributed by atoms with van der Waals surface area (Å²) in [6.07, 6.45) is 1.31. The van der Waals surface area contributed by atoms with Gasteiger partial charge in [0.2, 0.25) is 0 Å². The fraction of sp³-hybridized carbons (Fsp3) is 0.571. The van der Waals surface area contributed by atoms with Crippen molar-refractivity contribution in [1.29, 1.82) is 0 Å². The first-order valence-corrected chi connectivity index (χ1v) is 7.65. The van der Waals surface area contributed by atoms with E-state index in [1.807, 2.05) is 36.0 Å². The molecule has 1 aliphatic rings. The summed E-state index contributed by atoms with van der Waals surface area (Å²) in [6.45, 7) is 2.24. The van der Waals surface area contributed by atoms with Crippen LogP contribution in [0.15, 0.2) is 24.3 Å². The molecule has 1 atom stereocenters. The molecule has 1 aromatic rings. The van der Waals surface area contributed by atoms with E-state index in [2.05, 4.69) is 11.9 Å². The number of nitrogens with zero attached hydrogens (tertiary/aromatic N) is 1. The molecule has 1 saturated heterocycles. The van der Waals surface area contributed by atoms with Crippen molar-refractivity contribution in [3.63, 3.8) is 0 Å². The lowest BCUT2D eigenvalue weighted by molar-refractivity contribution is 0.201. The summed E-state index contributed by atoms with van der Waals surface area (Å²) in [5, 5.41) is 0. The molecule has 1 unspecified atom stereocenters. The standard InChI is InChI=1S/C14H22N2OS/c1-16(13-6-9-18-11-13)7-8-17-14-5-3-2-4-12(14)10-15/h2-5,13H,6-11,15H2,1H3. The average Bonchev–Trinajstić information content (AvgIpc) is 2.93. The van der Waals surface area contributed by atoms with Crippen molar-refractivity contribution in [3.8, 4) is 5.75 Å².